The number of aliphatic hydroxyl groups excluding tert-OH is 3. The molecule has 1 rings (SSSR count). The number of hydrogen-bond acceptors (Lipinski definition) is 6. The Labute approximate surface area is 154 Å². The molecule has 0 aliphatic heterocycles. The van der Waals surface area contributed by atoms with Crippen molar-refractivity contribution in [2.24, 2.45) is 0 Å². The van der Waals surface area contributed by atoms with Gasteiger partial charge in [0.05, 0.1) is 25.4 Å². The molecule has 1 aromatic heterocycles. The van der Waals surface area contributed by atoms with E-state index >= 15 is 0 Å². The van der Waals surface area contributed by atoms with Gasteiger partial charge in [-0.05, 0) is 36.3 Å². The van der Waals surface area contributed by atoms with E-state index in [1.54, 1.807) is 6.08 Å². The van der Waals surface area contributed by atoms with Crippen molar-refractivity contribution < 1.29 is 24.9 Å². The molecule has 3 atom stereocenters. The summed E-state index contributed by atoms with van der Waals surface area (Å²) in [5.74, 6) is -0.322. The standard InChI is InChI=1S/C19H30O5S/c1-3-4-5-7-17(22)19-14(12-13-25-19)10-11-16(21)15(20)8-6-9-18(23)24-2/h10-13,15-17,20-22H,3-9H2,1-2H3/b11-10+/t15-,16+,17+/m0/s1. The van der Waals surface area contributed by atoms with Gasteiger partial charge >= 0.3 is 5.97 Å². The lowest BCUT2D eigenvalue weighted by atomic mass is 10.0. The number of carbonyl (C=O) groups excluding carboxylic acids is 1. The third-order valence-corrected chi connectivity index (χ3v) is 5.12. The number of thiophene rings is 1. The molecule has 1 heterocycles. The summed E-state index contributed by atoms with van der Waals surface area (Å²) in [5, 5.41) is 32.2. The Kier molecular flexibility index (Phi) is 10.6. The van der Waals surface area contributed by atoms with Crippen molar-refractivity contribution in [3.63, 3.8) is 0 Å². The minimum absolute atomic E-state index is 0.225. The molecule has 5 nitrogen and oxygen atoms in total. The summed E-state index contributed by atoms with van der Waals surface area (Å²) >= 11 is 1.50. The van der Waals surface area contributed by atoms with E-state index in [0.29, 0.717) is 12.8 Å². The predicted octanol–water partition coefficient (Wildman–Crippen LogP) is 3.44. The molecule has 0 saturated carbocycles. The zero-order chi connectivity index (χ0) is 18.7. The van der Waals surface area contributed by atoms with Crippen LogP contribution in [0, 0.1) is 0 Å². The largest absolute Gasteiger partial charge is 0.469 e. The lowest BCUT2D eigenvalue weighted by molar-refractivity contribution is -0.140. The van der Waals surface area contributed by atoms with E-state index in [1.165, 1.54) is 24.5 Å². The molecular weight excluding hydrogens is 340 g/mol. The second kappa shape index (κ2) is 12.2. The van der Waals surface area contributed by atoms with Gasteiger partial charge in [0.15, 0.2) is 0 Å². The number of unbranched alkanes of at least 4 members (excludes halogenated alkanes) is 2. The van der Waals surface area contributed by atoms with Crippen molar-refractivity contribution in [3.8, 4) is 0 Å². The van der Waals surface area contributed by atoms with E-state index in [-0.39, 0.29) is 12.4 Å². The highest BCUT2D eigenvalue weighted by Crippen LogP contribution is 2.29. The van der Waals surface area contributed by atoms with Crippen LogP contribution in [0.25, 0.3) is 6.08 Å². The second-order valence-electron chi connectivity index (χ2n) is 6.14. The van der Waals surface area contributed by atoms with E-state index in [0.717, 1.165) is 36.1 Å². The predicted molar refractivity (Wildman–Crippen MR) is 100 cm³/mol. The molecule has 6 heteroatoms. The first-order valence-electron chi connectivity index (χ1n) is 8.86. The topological polar surface area (TPSA) is 87.0 Å². The van der Waals surface area contributed by atoms with E-state index in [4.69, 9.17) is 0 Å². The van der Waals surface area contributed by atoms with Crippen LogP contribution in [0.2, 0.25) is 0 Å². The highest BCUT2D eigenvalue weighted by atomic mass is 32.1. The highest BCUT2D eigenvalue weighted by Gasteiger charge is 2.16. The van der Waals surface area contributed by atoms with Crippen molar-refractivity contribution in [2.45, 2.75) is 70.2 Å². The van der Waals surface area contributed by atoms with Gasteiger partial charge in [0.25, 0.3) is 0 Å². The maximum atomic E-state index is 11.0. The fourth-order valence-electron chi connectivity index (χ4n) is 2.52. The first-order chi connectivity index (χ1) is 12.0. The molecule has 0 radical (unpaired) electrons. The Bertz CT molecular complexity index is 526. The van der Waals surface area contributed by atoms with Crippen LogP contribution in [-0.4, -0.2) is 40.6 Å². The second-order valence-corrected chi connectivity index (χ2v) is 7.08. The Balaban J connectivity index is 2.51. The molecule has 0 amide bonds. The lowest BCUT2D eigenvalue weighted by Gasteiger charge is -2.14. The van der Waals surface area contributed by atoms with Crippen LogP contribution in [-0.2, 0) is 9.53 Å². The van der Waals surface area contributed by atoms with Crippen LogP contribution in [0.4, 0.5) is 0 Å². The van der Waals surface area contributed by atoms with Gasteiger partial charge in [-0.2, -0.15) is 0 Å². The molecular formula is C19H30O5S. The summed E-state index contributed by atoms with van der Waals surface area (Å²) in [7, 11) is 1.32. The van der Waals surface area contributed by atoms with Crippen LogP contribution in [0.1, 0.15) is 68.4 Å². The summed E-state index contributed by atoms with van der Waals surface area (Å²) in [6.45, 7) is 2.13. The highest BCUT2D eigenvalue weighted by molar-refractivity contribution is 7.10. The Hall–Kier alpha value is -1.21. The van der Waals surface area contributed by atoms with E-state index in [2.05, 4.69) is 11.7 Å². The van der Waals surface area contributed by atoms with Gasteiger partial charge in [-0.1, -0.05) is 38.3 Å². The fraction of sp³-hybridized carbons (Fsp3) is 0.632. The van der Waals surface area contributed by atoms with Crippen LogP contribution in [0.15, 0.2) is 17.5 Å². The fourth-order valence-corrected chi connectivity index (χ4v) is 3.43. The number of methoxy groups -OCH3 is 1. The van der Waals surface area contributed by atoms with Gasteiger partial charge in [-0.3, -0.25) is 4.79 Å². The van der Waals surface area contributed by atoms with Crippen LogP contribution in [0.3, 0.4) is 0 Å². The molecule has 0 aliphatic rings. The molecule has 0 unspecified atom stereocenters. The van der Waals surface area contributed by atoms with Crippen molar-refractivity contribution in [2.75, 3.05) is 7.11 Å². The zero-order valence-corrected chi connectivity index (χ0v) is 15.9. The van der Waals surface area contributed by atoms with Gasteiger partial charge in [-0.15, -0.1) is 11.3 Å². The smallest absolute Gasteiger partial charge is 0.305 e. The van der Waals surface area contributed by atoms with E-state index in [1.807, 2.05) is 11.4 Å². The van der Waals surface area contributed by atoms with Crippen molar-refractivity contribution in [1.82, 2.24) is 0 Å². The van der Waals surface area contributed by atoms with Crippen molar-refractivity contribution in [3.05, 3.63) is 28.0 Å². The SMILES string of the molecule is CCCCC[C@@H](O)c1sccc1/C=C/[C@@H](O)[C@@H](O)CCCC(=O)OC. The zero-order valence-electron chi connectivity index (χ0n) is 15.1. The first-order valence-corrected chi connectivity index (χ1v) is 9.74. The third-order valence-electron chi connectivity index (χ3n) is 4.09. The monoisotopic (exact) mass is 370 g/mol. The third kappa shape index (κ3) is 8.14. The molecule has 142 valence electrons. The maximum Gasteiger partial charge on any atom is 0.305 e. The molecule has 0 aromatic carbocycles. The summed E-state index contributed by atoms with van der Waals surface area (Å²) < 4.78 is 4.54. The Morgan fingerprint density at radius 1 is 1.24 bits per heavy atom. The normalized spacial score (nSPS) is 15.2. The number of aliphatic hydroxyl groups is 3. The summed E-state index contributed by atoms with van der Waals surface area (Å²) in [5.41, 5.74) is 0.870. The molecule has 0 saturated heterocycles. The van der Waals surface area contributed by atoms with Gasteiger partial charge in [0.1, 0.15) is 0 Å². The molecule has 0 aliphatic carbocycles. The van der Waals surface area contributed by atoms with Crippen molar-refractivity contribution in [1.29, 1.82) is 0 Å². The number of esters is 1. The van der Waals surface area contributed by atoms with E-state index < -0.39 is 18.3 Å². The number of hydrogen-bond donors (Lipinski definition) is 3. The summed E-state index contributed by atoms with van der Waals surface area (Å²) in [4.78, 5) is 11.9. The van der Waals surface area contributed by atoms with Gasteiger partial charge in [0.2, 0.25) is 0 Å². The van der Waals surface area contributed by atoms with Gasteiger partial charge in [0, 0.05) is 11.3 Å². The minimum Gasteiger partial charge on any atom is -0.469 e. The Morgan fingerprint density at radius 3 is 2.68 bits per heavy atom. The Morgan fingerprint density at radius 2 is 2.00 bits per heavy atom. The number of carbonyl (C=O) groups is 1. The van der Waals surface area contributed by atoms with Crippen molar-refractivity contribution >= 4 is 23.4 Å². The molecule has 0 fully saturated rings. The van der Waals surface area contributed by atoms with Gasteiger partial charge < -0.3 is 20.1 Å². The molecule has 3 N–H and O–H groups in total. The molecule has 0 spiro atoms. The molecule has 1 aromatic rings. The van der Waals surface area contributed by atoms with Crippen LogP contribution >= 0.6 is 11.3 Å². The molecule has 25 heavy (non-hydrogen) atoms. The summed E-state index contributed by atoms with van der Waals surface area (Å²) in [6, 6.07) is 1.90. The first kappa shape index (κ1) is 21.8. The number of rotatable bonds is 12. The number of ether oxygens (including phenoxy) is 1. The quantitative estimate of drug-likeness (QED) is 0.387. The summed E-state index contributed by atoms with van der Waals surface area (Å²) in [6.07, 6.45) is 5.77. The van der Waals surface area contributed by atoms with Crippen LogP contribution in [0.5, 0.6) is 0 Å². The average molecular weight is 371 g/mol. The minimum atomic E-state index is -1.01. The average Bonchev–Trinajstić information content (AvgIpc) is 3.08. The van der Waals surface area contributed by atoms with Gasteiger partial charge in [-0.25, -0.2) is 0 Å². The maximum absolute atomic E-state index is 11.0. The van der Waals surface area contributed by atoms with Crippen LogP contribution < -0.4 is 0 Å². The lowest BCUT2D eigenvalue weighted by Crippen LogP contribution is -2.23. The molecule has 0 bridgehead atoms. The van der Waals surface area contributed by atoms with E-state index in [9.17, 15) is 20.1 Å².